The number of benzene rings is 4. The molecule has 9 heteroatoms. The summed E-state index contributed by atoms with van der Waals surface area (Å²) in [5.74, 6) is -1.10. The maximum atomic E-state index is 13.8. The number of hydrogen-bond donors (Lipinski definition) is 3. The van der Waals surface area contributed by atoms with Crippen LogP contribution in [0.3, 0.4) is 0 Å². The number of carboxylic acids is 1. The average Bonchev–Trinajstić information content (AvgIpc) is 3.02. The van der Waals surface area contributed by atoms with Crippen molar-refractivity contribution in [2.24, 2.45) is 5.41 Å². The number of rotatable bonds is 13. The fraction of sp³-hybridized carbons (Fsp3) is 0.286. The minimum absolute atomic E-state index is 0.0849. The first kappa shape index (κ1) is 32.3. The van der Waals surface area contributed by atoms with E-state index in [-0.39, 0.29) is 35.8 Å². The molecule has 0 aliphatic heterocycles. The summed E-state index contributed by atoms with van der Waals surface area (Å²) in [5, 5.41) is 37.4. The third kappa shape index (κ3) is 6.21. The van der Waals surface area contributed by atoms with Crippen molar-refractivity contribution >= 4 is 11.7 Å². The van der Waals surface area contributed by atoms with Gasteiger partial charge in [-0.15, -0.1) is 0 Å². The third-order valence-electron chi connectivity index (χ3n) is 8.08. The number of aliphatic carboxylic acids is 1. The quantitative estimate of drug-likeness (QED) is 0.0732. The highest BCUT2D eigenvalue weighted by atomic mass is 16.7. The van der Waals surface area contributed by atoms with Gasteiger partial charge in [-0.1, -0.05) is 112 Å². The molecule has 4 rings (SSSR count). The first-order valence-corrected chi connectivity index (χ1v) is 14.2. The minimum atomic E-state index is -1.79. The third-order valence-corrected chi connectivity index (χ3v) is 8.08. The number of nitrogens with one attached hydrogen (secondary N) is 1. The van der Waals surface area contributed by atoms with Crippen LogP contribution in [0.1, 0.15) is 48.6 Å². The topological polar surface area (TPSA) is 131 Å². The molecule has 9 nitrogen and oxygen atoms in total. The van der Waals surface area contributed by atoms with Crippen molar-refractivity contribution in [2.45, 2.75) is 44.9 Å². The van der Waals surface area contributed by atoms with Gasteiger partial charge in [0.1, 0.15) is 11.3 Å². The summed E-state index contributed by atoms with van der Waals surface area (Å²) < 4.78 is 10.5. The highest BCUT2D eigenvalue weighted by molar-refractivity contribution is 5.81. The molecule has 0 heterocycles. The van der Waals surface area contributed by atoms with E-state index in [2.05, 4.69) is 5.32 Å². The van der Waals surface area contributed by atoms with Crippen molar-refractivity contribution in [1.82, 2.24) is 5.32 Å². The molecular weight excluding hydrogens is 560 g/mol. The average molecular weight is 599 g/mol. The van der Waals surface area contributed by atoms with Crippen LogP contribution in [0.25, 0.3) is 0 Å². The Kier molecular flexibility index (Phi) is 9.84. The highest BCUT2D eigenvalue weighted by Gasteiger charge is 2.55. The molecule has 0 saturated heterocycles. The van der Waals surface area contributed by atoms with Crippen molar-refractivity contribution in [2.75, 3.05) is 13.9 Å². The molecule has 0 aliphatic carbocycles. The lowest BCUT2D eigenvalue weighted by Gasteiger charge is -2.50. The highest BCUT2D eigenvalue weighted by Crippen LogP contribution is 2.45. The summed E-state index contributed by atoms with van der Waals surface area (Å²) in [7, 11) is 1.41. The maximum Gasteiger partial charge on any atom is 0.324 e. The van der Waals surface area contributed by atoms with Crippen molar-refractivity contribution in [3.8, 4) is 5.75 Å². The van der Waals surface area contributed by atoms with E-state index in [1.165, 1.54) is 19.2 Å². The Hall–Kier alpha value is -4.57. The van der Waals surface area contributed by atoms with E-state index in [0.29, 0.717) is 0 Å². The predicted octanol–water partition coefficient (Wildman–Crippen LogP) is 6.06. The van der Waals surface area contributed by atoms with Crippen molar-refractivity contribution in [1.29, 1.82) is 0 Å². The van der Waals surface area contributed by atoms with Crippen LogP contribution in [0.15, 0.2) is 103 Å². The van der Waals surface area contributed by atoms with Crippen LogP contribution in [-0.4, -0.2) is 40.5 Å². The maximum absolute atomic E-state index is 13.8. The molecule has 0 bridgehead atoms. The fourth-order valence-electron chi connectivity index (χ4n) is 5.69. The number of hydrogen-bond acceptors (Lipinski definition) is 7. The van der Waals surface area contributed by atoms with Gasteiger partial charge in [-0.05, 0) is 28.2 Å². The van der Waals surface area contributed by atoms with E-state index in [1.807, 2.05) is 91.0 Å². The summed E-state index contributed by atoms with van der Waals surface area (Å²) in [6.45, 7) is 4.74. The standard InChI is InChI=1S/C35H38N2O7/c1-33(2,3)34(32(39)40,22-25-20-26(23-38)31(44-24-43-4)21-30(25)37(41)42)36-35(27-14-8-5-9-15-27,28-16-10-6-11-17-28)29-18-12-7-13-19-29/h5-21,36,38H,22-24H2,1-4H3,(H,39,40). The lowest BCUT2D eigenvalue weighted by Crippen LogP contribution is -2.68. The molecule has 1 unspecified atom stereocenters. The molecule has 0 aliphatic rings. The van der Waals surface area contributed by atoms with Crippen LogP contribution in [0.4, 0.5) is 5.69 Å². The van der Waals surface area contributed by atoms with Crippen molar-refractivity contribution in [3.63, 3.8) is 0 Å². The van der Waals surface area contributed by atoms with Crippen molar-refractivity contribution < 1.29 is 29.4 Å². The second kappa shape index (κ2) is 13.4. The Morgan fingerprint density at radius 1 is 0.841 bits per heavy atom. The number of aliphatic hydroxyl groups excluding tert-OH is 1. The van der Waals surface area contributed by atoms with Crippen molar-refractivity contribution in [3.05, 3.63) is 141 Å². The summed E-state index contributed by atoms with van der Waals surface area (Å²) in [4.78, 5) is 25.6. The number of carboxylic acid groups (broad SMARTS) is 1. The molecule has 44 heavy (non-hydrogen) atoms. The van der Waals surface area contributed by atoms with Gasteiger partial charge in [0.25, 0.3) is 5.69 Å². The minimum Gasteiger partial charge on any atom is -0.480 e. The van der Waals surface area contributed by atoms with Gasteiger partial charge in [-0.3, -0.25) is 20.2 Å². The lowest BCUT2D eigenvalue weighted by molar-refractivity contribution is -0.385. The molecule has 4 aromatic carbocycles. The Bertz CT molecular complexity index is 1480. The number of methoxy groups -OCH3 is 1. The zero-order chi connectivity index (χ0) is 32.0. The van der Waals surface area contributed by atoms with Crippen LogP contribution < -0.4 is 10.1 Å². The van der Waals surface area contributed by atoms with Gasteiger partial charge in [-0.25, -0.2) is 0 Å². The van der Waals surface area contributed by atoms with Gasteiger partial charge in [0.15, 0.2) is 6.79 Å². The SMILES string of the molecule is COCOc1cc([N+](=O)[O-])c(CC(NC(c2ccccc2)(c2ccccc2)c2ccccc2)(C(=O)O)C(C)(C)C)cc1CO. The van der Waals surface area contributed by atoms with E-state index in [9.17, 15) is 25.1 Å². The van der Waals surface area contributed by atoms with Gasteiger partial charge in [-0.2, -0.15) is 0 Å². The second-order valence-electron chi connectivity index (χ2n) is 11.7. The first-order chi connectivity index (χ1) is 21.0. The van der Waals surface area contributed by atoms with Gasteiger partial charge in [0.2, 0.25) is 0 Å². The molecule has 3 N–H and O–H groups in total. The molecule has 0 saturated carbocycles. The predicted molar refractivity (Wildman–Crippen MR) is 167 cm³/mol. The van der Waals surface area contributed by atoms with Crippen LogP contribution in [0, 0.1) is 15.5 Å². The Morgan fingerprint density at radius 2 is 1.32 bits per heavy atom. The smallest absolute Gasteiger partial charge is 0.324 e. The van der Waals surface area contributed by atoms with Crippen LogP contribution >= 0.6 is 0 Å². The number of carbonyl (C=O) groups is 1. The molecule has 1 atom stereocenters. The summed E-state index contributed by atoms with van der Waals surface area (Å²) in [5.41, 5.74) is -1.51. The molecule has 4 aromatic rings. The number of ether oxygens (including phenoxy) is 2. The normalized spacial score (nSPS) is 13.2. The van der Waals surface area contributed by atoms with E-state index in [1.54, 1.807) is 20.8 Å². The van der Waals surface area contributed by atoms with E-state index in [4.69, 9.17) is 9.47 Å². The van der Waals surface area contributed by atoms with E-state index < -0.39 is 34.0 Å². The second-order valence-corrected chi connectivity index (χ2v) is 11.7. The van der Waals surface area contributed by atoms with Crippen LogP contribution in [0.2, 0.25) is 0 Å². The molecular formula is C35H38N2O7. The van der Waals surface area contributed by atoms with E-state index >= 15 is 0 Å². The monoisotopic (exact) mass is 598 g/mol. The van der Waals surface area contributed by atoms with Gasteiger partial charge in [0, 0.05) is 24.7 Å². The summed E-state index contributed by atoms with van der Waals surface area (Å²) in [6, 6.07) is 31.4. The van der Waals surface area contributed by atoms with Crippen LogP contribution in [0.5, 0.6) is 5.75 Å². The number of nitrogens with zero attached hydrogens (tertiary/aromatic N) is 1. The lowest BCUT2D eigenvalue weighted by atomic mass is 9.66. The number of nitro benzene ring substituents is 1. The Morgan fingerprint density at radius 3 is 1.68 bits per heavy atom. The number of nitro groups is 1. The van der Waals surface area contributed by atoms with Gasteiger partial charge in [0.05, 0.1) is 23.1 Å². The van der Waals surface area contributed by atoms with Gasteiger partial charge < -0.3 is 19.7 Å². The summed E-state index contributed by atoms with van der Waals surface area (Å²) in [6.07, 6.45) is -0.284. The summed E-state index contributed by atoms with van der Waals surface area (Å²) >= 11 is 0. The number of aliphatic hydroxyl groups is 1. The zero-order valence-electron chi connectivity index (χ0n) is 25.3. The molecule has 0 spiro atoms. The molecule has 0 aromatic heterocycles. The van der Waals surface area contributed by atoms with Crippen LogP contribution in [-0.2, 0) is 28.1 Å². The van der Waals surface area contributed by atoms with Gasteiger partial charge >= 0.3 is 5.97 Å². The van der Waals surface area contributed by atoms with E-state index in [0.717, 1.165) is 16.7 Å². The molecule has 0 fully saturated rings. The fourth-order valence-corrected chi connectivity index (χ4v) is 5.69. The first-order valence-electron chi connectivity index (χ1n) is 14.2. The zero-order valence-corrected chi connectivity index (χ0v) is 25.3. The Balaban J connectivity index is 2.05. The molecule has 0 radical (unpaired) electrons. The molecule has 0 amide bonds. The largest absolute Gasteiger partial charge is 0.480 e. The molecule has 230 valence electrons. The Labute approximate surface area is 257 Å².